The molecule has 0 bridgehead atoms. The van der Waals surface area contributed by atoms with E-state index < -0.39 is 0 Å². The van der Waals surface area contributed by atoms with E-state index in [0.717, 1.165) is 50.5 Å². The minimum atomic E-state index is -0.213. The molecule has 1 fully saturated rings. The molecule has 26 heavy (non-hydrogen) atoms. The molecule has 0 radical (unpaired) electrons. The summed E-state index contributed by atoms with van der Waals surface area (Å²) in [6, 6.07) is 11.5. The lowest BCUT2D eigenvalue weighted by molar-refractivity contribution is 0.0384. The molecule has 2 amide bonds. The highest BCUT2D eigenvalue weighted by Gasteiger charge is 2.11. The van der Waals surface area contributed by atoms with Gasteiger partial charge in [-0.05, 0) is 48.7 Å². The van der Waals surface area contributed by atoms with Gasteiger partial charge in [-0.1, -0.05) is 12.1 Å². The Bertz CT molecular complexity index is 685. The third-order valence-electron chi connectivity index (χ3n) is 4.59. The number of aromatic nitrogens is 1. The number of nitrogens with zero attached hydrogens (tertiary/aromatic N) is 2. The summed E-state index contributed by atoms with van der Waals surface area (Å²) in [5, 5.41) is 5.81. The Hall–Kier alpha value is -2.44. The molecule has 1 aliphatic rings. The number of nitrogens with one attached hydrogen (secondary N) is 2. The van der Waals surface area contributed by atoms with Crippen LogP contribution in [0.5, 0.6) is 0 Å². The summed E-state index contributed by atoms with van der Waals surface area (Å²) in [4.78, 5) is 18.6. The molecule has 1 aromatic carbocycles. The van der Waals surface area contributed by atoms with Crippen molar-refractivity contribution in [2.24, 2.45) is 0 Å². The van der Waals surface area contributed by atoms with Crippen molar-refractivity contribution in [1.29, 1.82) is 0 Å². The average molecular weight is 354 g/mol. The minimum Gasteiger partial charge on any atom is -0.379 e. The van der Waals surface area contributed by atoms with E-state index in [2.05, 4.69) is 32.7 Å². The Labute approximate surface area is 154 Å². The Morgan fingerprint density at radius 2 is 1.85 bits per heavy atom. The van der Waals surface area contributed by atoms with Crippen molar-refractivity contribution in [2.75, 3.05) is 38.2 Å². The standard InChI is InChI=1S/C20H26N4O2/c1-16(18-6-9-21-10-7-18)22-20(25)23-19-4-2-17(3-5-19)8-11-24-12-14-26-15-13-24/h2-7,9-10,16H,8,11-15H2,1H3,(H2,22,23,25). The molecule has 1 atom stereocenters. The first-order valence-corrected chi connectivity index (χ1v) is 9.07. The summed E-state index contributed by atoms with van der Waals surface area (Å²) < 4.78 is 5.37. The lowest BCUT2D eigenvalue weighted by Gasteiger charge is -2.26. The number of amides is 2. The van der Waals surface area contributed by atoms with Gasteiger partial charge in [0.05, 0.1) is 19.3 Å². The van der Waals surface area contributed by atoms with Gasteiger partial charge in [-0.2, -0.15) is 0 Å². The van der Waals surface area contributed by atoms with Gasteiger partial charge in [0.2, 0.25) is 0 Å². The number of carbonyl (C=O) groups excluding carboxylic acids is 1. The second-order valence-corrected chi connectivity index (χ2v) is 6.50. The molecule has 1 aliphatic heterocycles. The van der Waals surface area contributed by atoms with Gasteiger partial charge in [-0.3, -0.25) is 9.88 Å². The number of carbonyl (C=O) groups is 1. The maximum atomic E-state index is 12.2. The van der Waals surface area contributed by atoms with Gasteiger partial charge in [-0.25, -0.2) is 4.79 Å². The number of hydrogen-bond acceptors (Lipinski definition) is 4. The number of pyridine rings is 1. The predicted octanol–water partition coefficient (Wildman–Crippen LogP) is 2.84. The first-order chi connectivity index (χ1) is 12.7. The second-order valence-electron chi connectivity index (χ2n) is 6.50. The van der Waals surface area contributed by atoms with Crippen LogP contribution in [0.2, 0.25) is 0 Å². The van der Waals surface area contributed by atoms with Crippen LogP contribution in [0.3, 0.4) is 0 Å². The predicted molar refractivity (Wildman–Crippen MR) is 102 cm³/mol. The van der Waals surface area contributed by atoms with Crippen LogP contribution in [0.4, 0.5) is 10.5 Å². The smallest absolute Gasteiger partial charge is 0.319 e. The van der Waals surface area contributed by atoms with E-state index in [1.165, 1.54) is 5.56 Å². The van der Waals surface area contributed by atoms with Crippen LogP contribution >= 0.6 is 0 Å². The minimum absolute atomic E-state index is 0.0780. The third-order valence-corrected chi connectivity index (χ3v) is 4.59. The summed E-state index contributed by atoms with van der Waals surface area (Å²) in [7, 11) is 0. The molecule has 1 saturated heterocycles. The number of anilines is 1. The van der Waals surface area contributed by atoms with Crippen molar-refractivity contribution in [2.45, 2.75) is 19.4 Å². The van der Waals surface area contributed by atoms with Crippen molar-refractivity contribution < 1.29 is 9.53 Å². The van der Waals surface area contributed by atoms with Gasteiger partial charge in [0, 0.05) is 37.7 Å². The highest BCUT2D eigenvalue weighted by molar-refractivity contribution is 5.89. The largest absolute Gasteiger partial charge is 0.379 e. The van der Waals surface area contributed by atoms with Crippen molar-refractivity contribution >= 4 is 11.7 Å². The molecule has 2 aromatic rings. The first-order valence-electron chi connectivity index (χ1n) is 9.07. The van der Waals surface area contributed by atoms with Gasteiger partial charge in [0.1, 0.15) is 0 Å². The Kier molecular flexibility index (Phi) is 6.57. The van der Waals surface area contributed by atoms with E-state index >= 15 is 0 Å². The van der Waals surface area contributed by atoms with Crippen molar-refractivity contribution in [3.05, 3.63) is 59.9 Å². The highest BCUT2D eigenvalue weighted by Crippen LogP contribution is 2.13. The summed E-state index contributed by atoms with van der Waals surface area (Å²) in [6.45, 7) is 6.67. The van der Waals surface area contributed by atoms with Crippen LogP contribution in [0, 0.1) is 0 Å². The van der Waals surface area contributed by atoms with Crippen LogP contribution in [0.1, 0.15) is 24.1 Å². The quantitative estimate of drug-likeness (QED) is 0.837. The maximum Gasteiger partial charge on any atom is 0.319 e. The monoisotopic (exact) mass is 354 g/mol. The molecule has 1 aromatic heterocycles. The normalized spacial score (nSPS) is 16.0. The molecule has 138 valence electrons. The van der Waals surface area contributed by atoms with Gasteiger partial charge in [-0.15, -0.1) is 0 Å². The fraction of sp³-hybridized carbons (Fsp3) is 0.400. The summed E-state index contributed by atoms with van der Waals surface area (Å²) >= 11 is 0. The number of morpholine rings is 1. The van der Waals surface area contributed by atoms with E-state index in [4.69, 9.17) is 4.74 Å². The fourth-order valence-corrected chi connectivity index (χ4v) is 2.97. The van der Waals surface area contributed by atoms with Crippen LogP contribution in [-0.4, -0.2) is 48.8 Å². The number of urea groups is 1. The first kappa shape index (κ1) is 18.4. The summed E-state index contributed by atoms with van der Waals surface area (Å²) in [5.41, 5.74) is 3.08. The topological polar surface area (TPSA) is 66.5 Å². The average Bonchev–Trinajstić information content (AvgIpc) is 2.69. The lowest BCUT2D eigenvalue weighted by atomic mass is 10.1. The zero-order valence-corrected chi connectivity index (χ0v) is 15.1. The Balaban J connectivity index is 1.45. The zero-order valence-electron chi connectivity index (χ0n) is 15.1. The fourth-order valence-electron chi connectivity index (χ4n) is 2.97. The van der Waals surface area contributed by atoms with Crippen molar-refractivity contribution in [3.8, 4) is 0 Å². The van der Waals surface area contributed by atoms with E-state index in [9.17, 15) is 4.79 Å². The number of benzene rings is 1. The second kappa shape index (κ2) is 9.31. The number of hydrogen-bond donors (Lipinski definition) is 2. The molecule has 0 saturated carbocycles. The molecule has 0 aliphatic carbocycles. The van der Waals surface area contributed by atoms with Crippen LogP contribution in [0.25, 0.3) is 0 Å². The molecule has 6 nitrogen and oxygen atoms in total. The van der Waals surface area contributed by atoms with Gasteiger partial charge in [0.25, 0.3) is 0 Å². The molecule has 2 N–H and O–H groups in total. The SMILES string of the molecule is CC(NC(=O)Nc1ccc(CCN2CCOCC2)cc1)c1ccncc1. The van der Waals surface area contributed by atoms with Crippen molar-refractivity contribution in [3.63, 3.8) is 0 Å². The molecule has 1 unspecified atom stereocenters. The molecular formula is C20H26N4O2. The maximum absolute atomic E-state index is 12.2. The Morgan fingerprint density at radius 3 is 2.54 bits per heavy atom. The summed E-state index contributed by atoms with van der Waals surface area (Å²) in [6.07, 6.45) is 4.45. The molecular weight excluding hydrogens is 328 g/mol. The van der Waals surface area contributed by atoms with E-state index in [1.807, 2.05) is 31.2 Å². The number of rotatable bonds is 6. The van der Waals surface area contributed by atoms with Crippen molar-refractivity contribution in [1.82, 2.24) is 15.2 Å². The highest BCUT2D eigenvalue weighted by atomic mass is 16.5. The lowest BCUT2D eigenvalue weighted by Crippen LogP contribution is -2.37. The van der Waals surface area contributed by atoms with Gasteiger partial charge < -0.3 is 15.4 Å². The molecule has 2 heterocycles. The molecule has 0 spiro atoms. The molecule has 6 heteroatoms. The van der Waals surface area contributed by atoms with Gasteiger partial charge >= 0.3 is 6.03 Å². The zero-order chi connectivity index (χ0) is 18.2. The number of ether oxygens (including phenoxy) is 1. The van der Waals surface area contributed by atoms with Crippen LogP contribution in [0.15, 0.2) is 48.8 Å². The Morgan fingerprint density at radius 1 is 1.15 bits per heavy atom. The van der Waals surface area contributed by atoms with Crippen LogP contribution in [-0.2, 0) is 11.2 Å². The van der Waals surface area contributed by atoms with Crippen LogP contribution < -0.4 is 10.6 Å². The third kappa shape index (κ3) is 5.54. The van der Waals surface area contributed by atoms with E-state index in [-0.39, 0.29) is 12.1 Å². The van der Waals surface area contributed by atoms with E-state index in [1.54, 1.807) is 12.4 Å². The summed E-state index contributed by atoms with van der Waals surface area (Å²) in [5.74, 6) is 0. The van der Waals surface area contributed by atoms with Gasteiger partial charge in [0.15, 0.2) is 0 Å². The molecule has 3 rings (SSSR count). The van der Waals surface area contributed by atoms with E-state index in [0.29, 0.717) is 0 Å².